The monoisotopic (exact) mass is 337 g/mol. The minimum absolute atomic E-state index is 0.309. The third kappa shape index (κ3) is 4.40. The molecule has 0 aliphatic heterocycles. The van der Waals surface area contributed by atoms with E-state index in [0.717, 1.165) is 6.07 Å². The third-order valence-corrected chi connectivity index (χ3v) is 4.46. The summed E-state index contributed by atoms with van der Waals surface area (Å²) in [5.41, 5.74) is -0.677. The van der Waals surface area contributed by atoms with Crippen LogP contribution in [0, 0.1) is 5.82 Å². The number of sulfone groups is 1. The maximum Gasteiger partial charge on any atom is 0.337 e. The lowest BCUT2D eigenvalue weighted by molar-refractivity contribution is -0.118. The number of nitrogens with one attached hydrogen (secondary N) is 1. The summed E-state index contributed by atoms with van der Waals surface area (Å²) in [6.45, 7) is 2.10. The fourth-order valence-electron chi connectivity index (χ4n) is 1.47. The average Bonchev–Trinajstić information content (AvgIpc) is 2.38. The summed E-state index contributed by atoms with van der Waals surface area (Å²) in [4.78, 5) is 21.7. The molecule has 0 spiro atoms. The lowest BCUT2D eigenvalue weighted by atomic mass is 10.2. The molecule has 0 saturated carbocycles. The van der Waals surface area contributed by atoms with Crippen LogP contribution >= 0.6 is 11.6 Å². The van der Waals surface area contributed by atoms with E-state index in [-0.39, 0.29) is 0 Å². The summed E-state index contributed by atoms with van der Waals surface area (Å²) >= 11 is 5.45. The van der Waals surface area contributed by atoms with Crippen LogP contribution in [0.25, 0.3) is 0 Å². The van der Waals surface area contributed by atoms with Gasteiger partial charge >= 0.3 is 5.97 Å². The van der Waals surface area contributed by atoms with E-state index in [1.165, 1.54) is 0 Å². The minimum atomic E-state index is -4.16. The van der Waals surface area contributed by atoms with Gasteiger partial charge in [0.15, 0.2) is 9.84 Å². The Kier molecular flexibility index (Phi) is 5.68. The molecule has 0 aliphatic carbocycles. The molecule has 0 aromatic heterocycles. The molecule has 1 amide bonds. The molecule has 0 fully saturated rings. The Labute approximate surface area is 125 Å². The number of amides is 1. The van der Waals surface area contributed by atoms with Crippen molar-refractivity contribution in [2.24, 2.45) is 0 Å². The van der Waals surface area contributed by atoms with Gasteiger partial charge in [0.25, 0.3) is 0 Å². The Bertz CT molecular complexity index is 674. The highest BCUT2D eigenvalue weighted by Crippen LogP contribution is 2.25. The molecule has 21 heavy (non-hydrogen) atoms. The second kappa shape index (κ2) is 6.86. The van der Waals surface area contributed by atoms with Crippen LogP contribution in [0.3, 0.4) is 0 Å². The second-order valence-corrected chi connectivity index (χ2v) is 6.55. The first-order chi connectivity index (χ1) is 9.69. The number of carboxylic acids is 1. The van der Waals surface area contributed by atoms with E-state index in [4.69, 9.17) is 16.7 Å². The second-order valence-electron chi connectivity index (χ2n) is 4.18. The van der Waals surface area contributed by atoms with Crippen molar-refractivity contribution in [3.05, 3.63) is 28.5 Å². The van der Waals surface area contributed by atoms with Gasteiger partial charge < -0.3 is 10.4 Å². The van der Waals surface area contributed by atoms with E-state index in [9.17, 15) is 22.4 Å². The van der Waals surface area contributed by atoms with Gasteiger partial charge in [0.2, 0.25) is 5.91 Å². The summed E-state index contributed by atoms with van der Waals surface area (Å²) in [6.07, 6.45) is 0.629. The summed E-state index contributed by atoms with van der Waals surface area (Å²) in [5, 5.41) is 10.5. The smallest absolute Gasteiger partial charge is 0.337 e. The minimum Gasteiger partial charge on any atom is -0.478 e. The van der Waals surface area contributed by atoms with Crippen molar-refractivity contribution in [3.8, 4) is 0 Å². The lowest BCUT2D eigenvalue weighted by Crippen LogP contribution is -2.30. The van der Waals surface area contributed by atoms with E-state index >= 15 is 0 Å². The molecular formula is C12H13ClFNO5S. The number of hydrogen-bond acceptors (Lipinski definition) is 4. The van der Waals surface area contributed by atoms with E-state index < -0.39 is 48.8 Å². The Morgan fingerprint density at radius 1 is 1.38 bits per heavy atom. The van der Waals surface area contributed by atoms with Gasteiger partial charge in [-0.05, 0) is 18.6 Å². The molecule has 9 heteroatoms. The van der Waals surface area contributed by atoms with Crippen LogP contribution in [-0.4, -0.2) is 37.7 Å². The lowest BCUT2D eigenvalue weighted by Gasteiger charge is -2.08. The normalized spacial score (nSPS) is 11.2. The highest BCUT2D eigenvalue weighted by molar-refractivity contribution is 7.92. The van der Waals surface area contributed by atoms with Crippen molar-refractivity contribution >= 4 is 33.3 Å². The molecule has 0 unspecified atom stereocenters. The quantitative estimate of drug-likeness (QED) is 0.818. The van der Waals surface area contributed by atoms with Crippen LogP contribution in [0.15, 0.2) is 17.0 Å². The number of aromatic carboxylic acids is 1. The van der Waals surface area contributed by atoms with Crippen LogP contribution in [0.2, 0.25) is 5.02 Å². The first kappa shape index (κ1) is 17.4. The highest BCUT2D eigenvalue weighted by atomic mass is 35.5. The Morgan fingerprint density at radius 2 is 2.00 bits per heavy atom. The number of carbonyl (C=O) groups excluding carboxylic acids is 1. The van der Waals surface area contributed by atoms with E-state index in [1.54, 1.807) is 6.92 Å². The molecule has 116 valence electrons. The zero-order valence-electron chi connectivity index (χ0n) is 11.0. The standard InChI is InChI=1S/C12H13ClFNO5S/c1-2-3-15-10(16)6-21(19,20)7-4-8(12(17)18)11(13)9(14)5-7/h4-5H,2-3,6H2,1H3,(H,15,16)(H,17,18). The van der Waals surface area contributed by atoms with Crippen LogP contribution in [0.4, 0.5) is 4.39 Å². The van der Waals surface area contributed by atoms with Gasteiger partial charge in [0, 0.05) is 6.54 Å². The highest BCUT2D eigenvalue weighted by Gasteiger charge is 2.24. The molecule has 0 bridgehead atoms. The van der Waals surface area contributed by atoms with Crippen molar-refractivity contribution < 1.29 is 27.5 Å². The van der Waals surface area contributed by atoms with Gasteiger partial charge in [-0.2, -0.15) is 0 Å². The number of carboxylic acid groups (broad SMARTS) is 1. The van der Waals surface area contributed by atoms with Crippen molar-refractivity contribution in [3.63, 3.8) is 0 Å². The Balaban J connectivity index is 3.15. The van der Waals surface area contributed by atoms with Crippen molar-refractivity contribution in [1.29, 1.82) is 0 Å². The average molecular weight is 338 g/mol. The molecule has 0 aliphatic rings. The van der Waals surface area contributed by atoms with Gasteiger partial charge in [-0.15, -0.1) is 0 Å². The van der Waals surface area contributed by atoms with Crippen LogP contribution < -0.4 is 5.32 Å². The van der Waals surface area contributed by atoms with E-state index in [2.05, 4.69) is 5.32 Å². The summed E-state index contributed by atoms with van der Waals surface area (Å²) in [6, 6.07) is 1.33. The number of benzene rings is 1. The van der Waals surface area contributed by atoms with Gasteiger partial charge in [0.05, 0.1) is 15.5 Å². The van der Waals surface area contributed by atoms with Crippen molar-refractivity contribution in [1.82, 2.24) is 5.32 Å². The third-order valence-electron chi connectivity index (χ3n) is 2.48. The molecule has 1 aromatic rings. The topological polar surface area (TPSA) is 101 Å². The Hall–Kier alpha value is -1.67. The Morgan fingerprint density at radius 3 is 2.52 bits per heavy atom. The SMILES string of the molecule is CCCNC(=O)CS(=O)(=O)c1cc(F)c(Cl)c(C(=O)O)c1. The predicted molar refractivity (Wildman–Crippen MR) is 73.7 cm³/mol. The number of hydrogen-bond donors (Lipinski definition) is 2. The van der Waals surface area contributed by atoms with Gasteiger partial charge in [0.1, 0.15) is 11.6 Å². The van der Waals surface area contributed by atoms with Crippen molar-refractivity contribution in [2.75, 3.05) is 12.3 Å². The summed E-state index contributed by atoms with van der Waals surface area (Å²) in [5.74, 6) is -4.38. The van der Waals surface area contributed by atoms with Gasteiger partial charge in [-0.3, -0.25) is 4.79 Å². The molecule has 1 aromatic carbocycles. The van der Waals surface area contributed by atoms with Gasteiger partial charge in [-0.1, -0.05) is 18.5 Å². The number of halogens is 2. The maximum absolute atomic E-state index is 13.5. The van der Waals surface area contributed by atoms with Crippen LogP contribution in [-0.2, 0) is 14.6 Å². The first-order valence-corrected chi connectivity index (χ1v) is 7.94. The molecule has 0 heterocycles. The zero-order valence-corrected chi connectivity index (χ0v) is 12.6. The predicted octanol–water partition coefficient (Wildman–Crippen LogP) is 1.48. The molecule has 0 atom stereocenters. The molecule has 0 saturated heterocycles. The fraction of sp³-hybridized carbons (Fsp3) is 0.333. The van der Waals surface area contributed by atoms with Crippen molar-refractivity contribution in [2.45, 2.75) is 18.2 Å². The molecule has 2 N–H and O–H groups in total. The van der Waals surface area contributed by atoms with Gasteiger partial charge in [-0.25, -0.2) is 17.6 Å². The summed E-state index contributed by atoms with van der Waals surface area (Å²) < 4.78 is 37.5. The van der Waals surface area contributed by atoms with E-state index in [0.29, 0.717) is 19.0 Å². The molecule has 1 rings (SSSR count). The molecule has 6 nitrogen and oxygen atoms in total. The van der Waals surface area contributed by atoms with E-state index in [1.807, 2.05) is 0 Å². The zero-order chi connectivity index (χ0) is 16.2. The van der Waals surface area contributed by atoms with Crippen LogP contribution in [0.1, 0.15) is 23.7 Å². The maximum atomic E-state index is 13.5. The largest absolute Gasteiger partial charge is 0.478 e. The number of rotatable bonds is 6. The van der Waals surface area contributed by atoms with Crippen LogP contribution in [0.5, 0.6) is 0 Å². The molecular weight excluding hydrogens is 325 g/mol. The number of carbonyl (C=O) groups is 2. The first-order valence-electron chi connectivity index (χ1n) is 5.90. The fourth-order valence-corrected chi connectivity index (χ4v) is 2.86. The summed E-state index contributed by atoms with van der Waals surface area (Å²) in [7, 11) is -4.16. The molecule has 0 radical (unpaired) electrons.